The quantitative estimate of drug-likeness (QED) is 0.160. The Morgan fingerprint density at radius 2 is 1.49 bits per heavy atom. The number of morpholine rings is 1. The topological polar surface area (TPSA) is 38.8 Å². The molecule has 0 saturated carbocycles. The second kappa shape index (κ2) is 12.2. The van der Waals surface area contributed by atoms with Gasteiger partial charge in [0.25, 0.3) is 0 Å². The number of ether oxygens (including phenoxy) is 2. The van der Waals surface area contributed by atoms with Gasteiger partial charge in [0.05, 0.1) is 29.2 Å². The fraction of sp³-hybridized carbons (Fsp3) is 0.250. The average Bonchev–Trinajstić information content (AvgIpc) is 2.91. The second-order valence-corrected chi connectivity index (χ2v) is 9.59. The fourth-order valence-electron chi connectivity index (χ4n) is 3.95. The van der Waals surface area contributed by atoms with E-state index < -0.39 is 39.7 Å². The maximum absolute atomic E-state index is 14.2. The number of benzene rings is 3. The monoisotopic (exact) mass is 567 g/mol. The van der Waals surface area contributed by atoms with Crippen molar-refractivity contribution < 1.29 is 40.6 Å². The number of rotatable bonds is 8. The first-order valence-electron chi connectivity index (χ1n) is 11.8. The van der Waals surface area contributed by atoms with Gasteiger partial charge in [0.1, 0.15) is 12.4 Å². The summed E-state index contributed by atoms with van der Waals surface area (Å²) in [6, 6.07) is 16.8. The van der Waals surface area contributed by atoms with Crippen LogP contribution in [0, 0.1) is 0 Å². The molecule has 4 rings (SSSR count). The molecule has 1 aliphatic rings. The van der Waals surface area contributed by atoms with Crippen LogP contribution in [0.15, 0.2) is 88.8 Å². The van der Waals surface area contributed by atoms with E-state index in [2.05, 4.69) is 0 Å². The van der Waals surface area contributed by atoms with Crippen molar-refractivity contribution >= 4 is 17.5 Å². The number of alkyl halides is 6. The van der Waals surface area contributed by atoms with Crippen LogP contribution in [-0.2, 0) is 23.7 Å². The molecule has 0 atom stereocenters. The number of halogens is 6. The number of para-hydroxylation sites is 1. The summed E-state index contributed by atoms with van der Waals surface area (Å²) in [5.74, 6) is -0.968. The maximum Gasteiger partial charge on any atom is 0.418 e. The highest BCUT2D eigenvalue weighted by atomic mass is 32.2. The third-order valence-corrected chi connectivity index (χ3v) is 6.91. The summed E-state index contributed by atoms with van der Waals surface area (Å²) >= 11 is 0.493. The average molecular weight is 568 g/mol. The summed E-state index contributed by atoms with van der Waals surface area (Å²) < 4.78 is 96.1. The summed E-state index contributed by atoms with van der Waals surface area (Å²) in [6.45, 7) is 1.66. The lowest BCUT2D eigenvalue weighted by atomic mass is 9.96. The Morgan fingerprint density at radius 3 is 2.15 bits per heavy atom. The molecule has 11 heteroatoms. The smallest absolute Gasteiger partial charge is 0.418 e. The maximum atomic E-state index is 14.2. The van der Waals surface area contributed by atoms with Crippen LogP contribution in [0.1, 0.15) is 27.0 Å². The highest BCUT2D eigenvalue weighted by Gasteiger charge is 2.47. The minimum absolute atomic E-state index is 0.112. The molecule has 206 valence electrons. The molecule has 0 radical (unpaired) electrons. The van der Waals surface area contributed by atoms with Crippen molar-refractivity contribution in [3.8, 4) is 5.75 Å². The van der Waals surface area contributed by atoms with Gasteiger partial charge >= 0.3 is 12.4 Å². The van der Waals surface area contributed by atoms with E-state index in [1.165, 1.54) is 18.3 Å². The van der Waals surface area contributed by atoms with Gasteiger partial charge in [0.2, 0.25) is 0 Å². The molecule has 1 saturated heterocycles. The summed E-state index contributed by atoms with van der Waals surface area (Å²) in [6.07, 6.45) is -8.70. The van der Waals surface area contributed by atoms with Crippen LogP contribution in [0.2, 0.25) is 0 Å². The Balaban J connectivity index is 1.71. The highest BCUT2D eigenvalue weighted by molar-refractivity contribution is 7.99. The standard InChI is InChI=1S/C28H23F6NO3S/c29-27(30,31)25-20(21(36)12-13-35-14-16-37-17-15-35)10-11-24(26(25)28(32,33)34)39-23-9-5-4-8-22(23)38-18-19-6-2-1-3-7-19/h1-13H,14-18H2. The summed E-state index contributed by atoms with van der Waals surface area (Å²) in [5, 5.41) is 0. The summed E-state index contributed by atoms with van der Waals surface area (Å²) in [5.41, 5.74) is -4.19. The van der Waals surface area contributed by atoms with Crippen LogP contribution >= 0.6 is 11.8 Å². The molecule has 3 aromatic carbocycles. The van der Waals surface area contributed by atoms with Crippen molar-refractivity contribution in [2.45, 2.75) is 28.8 Å². The fourth-order valence-corrected chi connectivity index (χ4v) is 5.01. The Hall–Kier alpha value is -3.44. The van der Waals surface area contributed by atoms with Gasteiger partial charge in [-0.15, -0.1) is 0 Å². The molecule has 3 aromatic rings. The number of carbonyl (C=O) groups is 1. The SMILES string of the molecule is O=C(C=CN1CCOCC1)c1ccc(Sc2ccccc2OCc2ccccc2)c(C(F)(F)F)c1C(F)(F)F. The van der Waals surface area contributed by atoms with Crippen LogP contribution in [0.3, 0.4) is 0 Å². The van der Waals surface area contributed by atoms with Crippen LogP contribution in [0.4, 0.5) is 26.3 Å². The van der Waals surface area contributed by atoms with Crippen LogP contribution in [-0.4, -0.2) is 37.0 Å². The number of hydrogen-bond acceptors (Lipinski definition) is 5. The van der Waals surface area contributed by atoms with E-state index in [4.69, 9.17) is 9.47 Å². The van der Waals surface area contributed by atoms with Gasteiger partial charge in [-0.1, -0.05) is 54.2 Å². The first kappa shape index (κ1) is 28.6. The molecule has 0 spiro atoms. The summed E-state index contributed by atoms with van der Waals surface area (Å²) in [4.78, 5) is 13.9. The summed E-state index contributed by atoms with van der Waals surface area (Å²) in [7, 11) is 0. The normalized spacial score (nSPS) is 14.6. The molecule has 0 amide bonds. The molecular weight excluding hydrogens is 544 g/mol. The van der Waals surface area contributed by atoms with Gasteiger partial charge < -0.3 is 14.4 Å². The molecule has 0 aliphatic carbocycles. The van der Waals surface area contributed by atoms with Crippen molar-refractivity contribution in [3.05, 3.63) is 101 Å². The van der Waals surface area contributed by atoms with Crippen molar-refractivity contribution in [1.29, 1.82) is 0 Å². The van der Waals surface area contributed by atoms with E-state index in [9.17, 15) is 31.1 Å². The van der Waals surface area contributed by atoms with Crippen molar-refractivity contribution in [2.24, 2.45) is 0 Å². The van der Waals surface area contributed by atoms with Crippen LogP contribution in [0.25, 0.3) is 0 Å². The Labute approximate surface area is 225 Å². The molecule has 1 heterocycles. The third-order valence-electron chi connectivity index (χ3n) is 5.79. The molecule has 39 heavy (non-hydrogen) atoms. The van der Waals surface area contributed by atoms with Crippen molar-refractivity contribution in [2.75, 3.05) is 26.3 Å². The Morgan fingerprint density at radius 1 is 0.846 bits per heavy atom. The molecule has 0 aromatic heterocycles. The highest BCUT2D eigenvalue weighted by Crippen LogP contribution is 2.49. The number of carbonyl (C=O) groups excluding carboxylic acids is 1. The van der Waals surface area contributed by atoms with Crippen LogP contribution < -0.4 is 4.74 Å². The lowest BCUT2D eigenvalue weighted by molar-refractivity contribution is -0.163. The van der Waals surface area contributed by atoms with Crippen LogP contribution in [0.5, 0.6) is 5.75 Å². The zero-order valence-corrected chi connectivity index (χ0v) is 21.2. The second-order valence-electron chi connectivity index (χ2n) is 8.51. The lowest BCUT2D eigenvalue weighted by Gasteiger charge is -2.25. The van der Waals surface area contributed by atoms with E-state index in [0.29, 0.717) is 38.1 Å². The lowest BCUT2D eigenvalue weighted by Crippen LogP contribution is -2.32. The molecule has 1 fully saturated rings. The predicted octanol–water partition coefficient (Wildman–Crippen LogP) is 7.48. The van der Waals surface area contributed by atoms with E-state index in [-0.39, 0.29) is 17.3 Å². The Bertz CT molecular complexity index is 1320. The zero-order valence-electron chi connectivity index (χ0n) is 20.4. The van der Waals surface area contributed by atoms with E-state index in [1.54, 1.807) is 41.3 Å². The van der Waals surface area contributed by atoms with Crippen molar-refractivity contribution in [3.63, 3.8) is 0 Å². The van der Waals surface area contributed by atoms with Gasteiger partial charge in [-0.3, -0.25) is 4.79 Å². The zero-order chi connectivity index (χ0) is 28.0. The van der Waals surface area contributed by atoms with Gasteiger partial charge in [-0.05, 0) is 29.8 Å². The minimum Gasteiger partial charge on any atom is -0.488 e. The van der Waals surface area contributed by atoms with Crippen molar-refractivity contribution in [1.82, 2.24) is 4.90 Å². The van der Waals surface area contributed by atoms with Gasteiger partial charge in [-0.2, -0.15) is 26.3 Å². The van der Waals surface area contributed by atoms with E-state index in [0.717, 1.165) is 23.8 Å². The van der Waals surface area contributed by atoms with Gasteiger partial charge in [0.15, 0.2) is 5.78 Å². The van der Waals surface area contributed by atoms with Gasteiger partial charge in [0, 0.05) is 35.8 Å². The largest absolute Gasteiger partial charge is 0.488 e. The first-order chi connectivity index (χ1) is 18.5. The first-order valence-corrected chi connectivity index (χ1v) is 12.6. The molecule has 4 nitrogen and oxygen atoms in total. The van der Waals surface area contributed by atoms with E-state index >= 15 is 0 Å². The number of allylic oxidation sites excluding steroid dienone is 1. The number of nitrogens with zero attached hydrogens (tertiary/aromatic N) is 1. The molecule has 0 N–H and O–H groups in total. The predicted molar refractivity (Wildman–Crippen MR) is 134 cm³/mol. The number of ketones is 1. The minimum atomic E-state index is -5.44. The van der Waals surface area contributed by atoms with E-state index in [1.807, 2.05) is 6.07 Å². The Kier molecular flexibility index (Phi) is 8.91. The number of hydrogen-bond donors (Lipinski definition) is 0. The molecule has 1 aliphatic heterocycles. The van der Waals surface area contributed by atoms with Gasteiger partial charge in [-0.25, -0.2) is 0 Å². The molecule has 0 unspecified atom stereocenters. The third kappa shape index (κ3) is 7.36. The molecule has 0 bridgehead atoms. The molecular formula is C28H23F6NO3S.